The Bertz CT molecular complexity index is 1060. The van der Waals surface area contributed by atoms with Crippen LogP contribution < -0.4 is 10.6 Å². The molecule has 1 fully saturated rings. The first kappa shape index (κ1) is 24.0. The Kier molecular flexibility index (Phi) is 7.38. The molecule has 4 rings (SSSR count). The summed E-state index contributed by atoms with van der Waals surface area (Å²) in [4.78, 5) is 16.1. The third-order valence-electron chi connectivity index (χ3n) is 6.83. The highest BCUT2D eigenvalue weighted by Gasteiger charge is 2.32. The van der Waals surface area contributed by atoms with E-state index in [4.69, 9.17) is 0 Å². The number of nitrogens with zero attached hydrogens (tertiary/aromatic N) is 1. The average molecular weight is 456 g/mol. The van der Waals surface area contributed by atoms with Crippen LogP contribution in [0.15, 0.2) is 84.9 Å². The number of rotatable bonds is 6. The summed E-state index contributed by atoms with van der Waals surface area (Å²) in [5.74, 6) is 0.285. The van der Waals surface area contributed by atoms with E-state index in [-0.39, 0.29) is 23.3 Å². The van der Waals surface area contributed by atoms with Crippen LogP contribution in [0.5, 0.6) is 0 Å². The number of amides is 1. The molecule has 4 nitrogen and oxygen atoms in total. The van der Waals surface area contributed by atoms with E-state index in [9.17, 15) is 4.79 Å². The third kappa shape index (κ3) is 5.87. The largest absolute Gasteiger partial charge is 0.370 e. The molecule has 3 aromatic carbocycles. The first-order valence-corrected chi connectivity index (χ1v) is 12.3. The van der Waals surface area contributed by atoms with Crippen LogP contribution in [-0.4, -0.2) is 37.0 Å². The summed E-state index contributed by atoms with van der Waals surface area (Å²) in [6.45, 7) is 8.53. The van der Waals surface area contributed by atoms with Crippen molar-refractivity contribution in [1.29, 1.82) is 0 Å². The van der Waals surface area contributed by atoms with Crippen molar-refractivity contribution < 1.29 is 4.79 Å². The zero-order chi connectivity index (χ0) is 24.1. The van der Waals surface area contributed by atoms with Gasteiger partial charge in [-0.3, -0.25) is 4.79 Å². The highest BCUT2D eigenvalue weighted by molar-refractivity contribution is 5.86. The predicted octanol–water partition coefficient (Wildman–Crippen LogP) is 5.74. The molecule has 3 atom stereocenters. The molecule has 1 unspecified atom stereocenters. The van der Waals surface area contributed by atoms with Gasteiger partial charge in [-0.2, -0.15) is 0 Å². The summed E-state index contributed by atoms with van der Waals surface area (Å²) in [7, 11) is 2.16. The Labute approximate surface area is 204 Å². The lowest BCUT2D eigenvalue weighted by Gasteiger charge is -2.38. The van der Waals surface area contributed by atoms with Crippen LogP contribution in [0.1, 0.15) is 55.8 Å². The molecule has 1 aliphatic rings. The van der Waals surface area contributed by atoms with E-state index in [1.165, 1.54) is 11.1 Å². The minimum Gasteiger partial charge on any atom is -0.370 e. The number of carbonyl (C=O) groups excluding carboxylic acids is 1. The fourth-order valence-corrected chi connectivity index (χ4v) is 4.77. The monoisotopic (exact) mass is 455 g/mol. The van der Waals surface area contributed by atoms with Gasteiger partial charge in [0.2, 0.25) is 5.91 Å². The van der Waals surface area contributed by atoms with E-state index < -0.39 is 6.04 Å². The van der Waals surface area contributed by atoms with Crippen LogP contribution in [0.25, 0.3) is 0 Å². The van der Waals surface area contributed by atoms with Crippen molar-refractivity contribution in [2.75, 3.05) is 25.5 Å². The van der Waals surface area contributed by atoms with Crippen molar-refractivity contribution >= 4 is 11.6 Å². The maximum Gasteiger partial charge on any atom is 0.247 e. The Morgan fingerprint density at radius 3 is 2.15 bits per heavy atom. The summed E-state index contributed by atoms with van der Waals surface area (Å²) in [6, 6.07) is 28.6. The number of likely N-dealkylation sites (N-methyl/N-ethyl adjacent to an activating group) is 1. The number of carbonyl (C=O) groups is 1. The lowest BCUT2D eigenvalue weighted by Crippen LogP contribution is -2.50. The molecule has 4 heteroatoms. The number of nitrogens with one attached hydrogen (secondary N) is 2. The number of piperidine rings is 1. The van der Waals surface area contributed by atoms with Crippen LogP contribution in [-0.2, 0) is 10.2 Å². The molecule has 178 valence electrons. The number of hydrogen-bond donors (Lipinski definition) is 2. The molecular formula is C30H37N3O. The number of para-hydroxylation sites is 1. The Balaban J connectivity index is 1.59. The predicted molar refractivity (Wildman–Crippen MR) is 141 cm³/mol. The molecule has 0 saturated carbocycles. The number of hydrogen-bond acceptors (Lipinski definition) is 3. The van der Waals surface area contributed by atoms with Crippen molar-refractivity contribution in [2.45, 2.75) is 50.6 Å². The number of likely N-dealkylation sites (tertiary alicyclic amines) is 1. The highest BCUT2D eigenvalue weighted by Crippen LogP contribution is 2.29. The van der Waals surface area contributed by atoms with E-state index in [1.807, 2.05) is 36.4 Å². The van der Waals surface area contributed by atoms with Crippen LogP contribution in [0.3, 0.4) is 0 Å². The van der Waals surface area contributed by atoms with Gasteiger partial charge in [0, 0.05) is 24.2 Å². The Hall–Kier alpha value is -3.11. The van der Waals surface area contributed by atoms with Crippen molar-refractivity contribution in [3.05, 3.63) is 102 Å². The molecule has 34 heavy (non-hydrogen) atoms. The molecule has 1 heterocycles. The lowest BCUT2D eigenvalue weighted by atomic mass is 9.85. The zero-order valence-electron chi connectivity index (χ0n) is 20.8. The Morgan fingerprint density at radius 1 is 0.912 bits per heavy atom. The Morgan fingerprint density at radius 2 is 1.53 bits per heavy atom. The summed E-state index contributed by atoms with van der Waals surface area (Å²) in [5.41, 5.74) is 4.51. The standard InChI is InChI=1S/C30H37N3O/c1-30(2,3)24-17-15-23(16-18-24)28(31-25-13-9-6-10-14-25)29(34)32-27-19-20-33(4)21-26(27)22-11-7-5-8-12-22/h5-18,26-28,31H,19-21H2,1-4H3,(H,32,34)/t26-,27?,28-/m0/s1. The van der Waals surface area contributed by atoms with E-state index in [2.05, 4.69) is 91.9 Å². The molecule has 1 aliphatic heterocycles. The van der Waals surface area contributed by atoms with Crippen LogP contribution >= 0.6 is 0 Å². The van der Waals surface area contributed by atoms with Gasteiger partial charge in [-0.15, -0.1) is 0 Å². The second-order valence-electron chi connectivity index (χ2n) is 10.5. The van der Waals surface area contributed by atoms with Gasteiger partial charge < -0.3 is 15.5 Å². The van der Waals surface area contributed by atoms with E-state index in [1.54, 1.807) is 0 Å². The lowest BCUT2D eigenvalue weighted by molar-refractivity contribution is -0.123. The maximum atomic E-state index is 13.8. The highest BCUT2D eigenvalue weighted by atomic mass is 16.2. The quantitative estimate of drug-likeness (QED) is 0.498. The van der Waals surface area contributed by atoms with Crippen LogP contribution in [0.2, 0.25) is 0 Å². The topological polar surface area (TPSA) is 44.4 Å². The molecule has 3 aromatic rings. The van der Waals surface area contributed by atoms with Crippen LogP contribution in [0.4, 0.5) is 5.69 Å². The molecule has 1 saturated heterocycles. The van der Waals surface area contributed by atoms with E-state index in [0.717, 1.165) is 30.8 Å². The van der Waals surface area contributed by atoms with Crippen molar-refractivity contribution in [1.82, 2.24) is 10.2 Å². The summed E-state index contributed by atoms with van der Waals surface area (Å²) >= 11 is 0. The van der Waals surface area contributed by atoms with Gasteiger partial charge in [0.05, 0.1) is 0 Å². The first-order valence-electron chi connectivity index (χ1n) is 12.3. The molecule has 0 aromatic heterocycles. The van der Waals surface area contributed by atoms with Crippen molar-refractivity contribution in [3.8, 4) is 0 Å². The maximum absolute atomic E-state index is 13.8. The second kappa shape index (κ2) is 10.4. The fourth-order valence-electron chi connectivity index (χ4n) is 4.77. The minimum absolute atomic E-state index is 0.0165. The number of anilines is 1. The molecule has 0 spiro atoms. The zero-order valence-corrected chi connectivity index (χ0v) is 20.8. The first-order chi connectivity index (χ1) is 16.3. The summed E-state index contributed by atoms with van der Waals surface area (Å²) in [5, 5.41) is 6.91. The summed E-state index contributed by atoms with van der Waals surface area (Å²) < 4.78 is 0. The van der Waals surface area contributed by atoms with Crippen molar-refractivity contribution in [2.24, 2.45) is 0 Å². The molecule has 0 bridgehead atoms. The molecule has 2 N–H and O–H groups in total. The third-order valence-corrected chi connectivity index (χ3v) is 6.83. The second-order valence-corrected chi connectivity index (χ2v) is 10.5. The van der Waals surface area contributed by atoms with Gasteiger partial charge in [-0.05, 0) is 54.3 Å². The van der Waals surface area contributed by atoms with Crippen molar-refractivity contribution in [3.63, 3.8) is 0 Å². The van der Waals surface area contributed by atoms with E-state index >= 15 is 0 Å². The number of benzene rings is 3. The SMILES string of the molecule is CN1CCC(NC(=O)[C@@H](Nc2ccccc2)c2ccc(C(C)(C)C)cc2)[C@H](c2ccccc2)C1. The smallest absolute Gasteiger partial charge is 0.247 e. The average Bonchev–Trinajstić information content (AvgIpc) is 2.84. The fraction of sp³-hybridized carbons (Fsp3) is 0.367. The molecular weight excluding hydrogens is 418 g/mol. The van der Waals surface area contributed by atoms with Gasteiger partial charge >= 0.3 is 0 Å². The molecule has 1 amide bonds. The van der Waals surface area contributed by atoms with Crippen LogP contribution in [0, 0.1) is 0 Å². The van der Waals surface area contributed by atoms with Gasteiger partial charge in [-0.25, -0.2) is 0 Å². The van der Waals surface area contributed by atoms with Gasteiger partial charge in [0.15, 0.2) is 0 Å². The van der Waals surface area contributed by atoms with E-state index in [0.29, 0.717) is 0 Å². The summed E-state index contributed by atoms with van der Waals surface area (Å²) in [6.07, 6.45) is 0.933. The molecule has 0 aliphatic carbocycles. The van der Waals surface area contributed by atoms with Gasteiger partial charge in [0.1, 0.15) is 6.04 Å². The minimum atomic E-state index is -0.465. The molecule has 0 radical (unpaired) electrons. The van der Waals surface area contributed by atoms with Gasteiger partial charge in [0.25, 0.3) is 0 Å². The normalized spacial score (nSPS) is 19.9. The van der Waals surface area contributed by atoms with Gasteiger partial charge in [-0.1, -0.05) is 93.6 Å².